The Bertz CT molecular complexity index is 900. The van der Waals surface area contributed by atoms with Crippen molar-refractivity contribution in [2.24, 2.45) is 0 Å². The van der Waals surface area contributed by atoms with Gasteiger partial charge in [-0.15, -0.1) is 0 Å². The second-order valence-corrected chi connectivity index (χ2v) is 7.00. The lowest BCUT2D eigenvalue weighted by Gasteiger charge is -2.36. The molecule has 3 aromatic rings. The van der Waals surface area contributed by atoms with E-state index in [1.165, 1.54) is 18.4 Å². The van der Waals surface area contributed by atoms with Crippen LogP contribution in [0.4, 0.5) is 10.2 Å². The van der Waals surface area contributed by atoms with Crippen LogP contribution in [-0.4, -0.2) is 65.4 Å². The van der Waals surface area contributed by atoms with Crippen LogP contribution in [0.5, 0.6) is 5.75 Å². The predicted octanol–water partition coefficient (Wildman–Crippen LogP) is 2.44. The summed E-state index contributed by atoms with van der Waals surface area (Å²) in [6.07, 6.45) is 7.52. The smallest absolute Gasteiger partial charge is 0.147 e. The maximum Gasteiger partial charge on any atom is 0.147 e. The second kappa shape index (κ2) is 9.02. The summed E-state index contributed by atoms with van der Waals surface area (Å²) in [4.78, 5) is 12.8. The van der Waals surface area contributed by atoms with Crippen LogP contribution < -0.4 is 9.64 Å². The van der Waals surface area contributed by atoms with Crippen LogP contribution in [0.3, 0.4) is 0 Å². The van der Waals surface area contributed by atoms with E-state index in [1.807, 2.05) is 0 Å². The minimum Gasteiger partial charge on any atom is -0.491 e. The fourth-order valence-electron chi connectivity index (χ4n) is 3.40. The predicted molar refractivity (Wildman–Crippen MR) is 106 cm³/mol. The Labute approximate surface area is 168 Å². The third-order valence-electron chi connectivity index (χ3n) is 4.88. The van der Waals surface area contributed by atoms with Crippen molar-refractivity contribution < 1.29 is 18.7 Å². The monoisotopic (exact) mass is 398 g/mol. The summed E-state index contributed by atoms with van der Waals surface area (Å²) in [5.74, 6) is 0.858. The Morgan fingerprint density at radius 2 is 2.00 bits per heavy atom. The molecule has 0 radical (unpaired) electrons. The minimum absolute atomic E-state index is 0.0959. The van der Waals surface area contributed by atoms with Gasteiger partial charge in [0, 0.05) is 56.7 Å². The summed E-state index contributed by atoms with van der Waals surface area (Å²) in [6, 6.07) is 6.23. The van der Waals surface area contributed by atoms with Gasteiger partial charge in [0.05, 0.1) is 18.7 Å². The van der Waals surface area contributed by atoms with Crippen LogP contribution >= 0.6 is 0 Å². The molecule has 29 heavy (non-hydrogen) atoms. The van der Waals surface area contributed by atoms with E-state index in [2.05, 4.69) is 19.8 Å². The molecule has 1 saturated heterocycles. The number of β-amino-alcohol motifs (C(OH)–C–C–N with tert-alkyl or cyclic N) is 1. The average molecular weight is 398 g/mol. The van der Waals surface area contributed by atoms with E-state index in [0.29, 0.717) is 17.9 Å². The maximum absolute atomic E-state index is 13.9. The van der Waals surface area contributed by atoms with Crippen molar-refractivity contribution in [2.45, 2.75) is 6.10 Å². The highest BCUT2D eigenvalue weighted by atomic mass is 19.1. The number of hydrogen-bond acceptors (Lipinski definition) is 7. The first-order valence-electron chi connectivity index (χ1n) is 9.55. The van der Waals surface area contributed by atoms with E-state index in [1.54, 1.807) is 37.0 Å². The van der Waals surface area contributed by atoms with Crippen LogP contribution in [0, 0.1) is 5.82 Å². The SMILES string of the molecule is OC(COc1cc(F)cc(-c2ccoc2)c1)CN1CCN(c2cnccn2)CC1. The number of nitrogens with zero attached hydrogens (tertiary/aromatic N) is 4. The molecule has 1 aliphatic rings. The zero-order valence-electron chi connectivity index (χ0n) is 15.9. The molecule has 7 nitrogen and oxygen atoms in total. The molecule has 2 aromatic heterocycles. The lowest BCUT2D eigenvalue weighted by Crippen LogP contribution is -2.49. The molecule has 1 fully saturated rings. The lowest BCUT2D eigenvalue weighted by molar-refractivity contribution is 0.0661. The Hall–Kier alpha value is -2.97. The number of piperazine rings is 1. The first kappa shape index (κ1) is 19.4. The van der Waals surface area contributed by atoms with Gasteiger partial charge in [-0.1, -0.05) is 0 Å². The summed E-state index contributed by atoms with van der Waals surface area (Å²) >= 11 is 0. The van der Waals surface area contributed by atoms with Gasteiger partial charge in [-0.2, -0.15) is 0 Å². The van der Waals surface area contributed by atoms with Crippen LogP contribution in [0.25, 0.3) is 11.1 Å². The molecular formula is C21H23FN4O3. The van der Waals surface area contributed by atoms with E-state index in [-0.39, 0.29) is 6.61 Å². The van der Waals surface area contributed by atoms with Crippen molar-refractivity contribution in [2.75, 3.05) is 44.2 Å². The largest absolute Gasteiger partial charge is 0.491 e. The maximum atomic E-state index is 13.9. The Balaban J connectivity index is 1.26. The highest BCUT2D eigenvalue weighted by molar-refractivity contribution is 5.63. The van der Waals surface area contributed by atoms with Gasteiger partial charge in [-0.05, 0) is 23.8 Å². The van der Waals surface area contributed by atoms with Crippen LogP contribution in [0.2, 0.25) is 0 Å². The quantitative estimate of drug-likeness (QED) is 0.655. The van der Waals surface area contributed by atoms with E-state index >= 15 is 0 Å². The number of anilines is 1. The van der Waals surface area contributed by atoms with Crippen molar-refractivity contribution in [1.82, 2.24) is 14.9 Å². The number of halogens is 1. The van der Waals surface area contributed by atoms with Crippen LogP contribution in [-0.2, 0) is 0 Å². The van der Waals surface area contributed by atoms with Crippen LogP contribution in [0.1, 0.15) is 0 Å². The zero-order chi connectivity index (χ0) is 20.1. The fraction of sp³-hybridized carbons (Fsp3) is 0.333. The molecule has 0 bridgehead atoms. The van der Waals surface area contributed by atoms with Gasteiger partial charge in [0.15, 0.2) is 0 Å². The summed E-state index contributed by atoms with van der Waals surface area (Å²) < 4.78 is 24.6. The number of hydrogen-bond donors (Lipinski definition) is 1. The van der Waals surface area contributed by atoms with Gasteiger partial charge < -0.3 is 19.2 Å². The van der Waals surface area contributed by atoms with Gasteiger partial charge in [0.25, 0.3) is 0 Å². The Morgan fingerprint density at radius 3 is 2.72 bits per heavy atom. The minimum atomic E-state index is -0.668. The molecule has 1 aliphatic heterocycles. The number of ether oxygens (including phenoxy) is 1. The third-order valence-corrected chi connectivity index (χ3v) is 4.88. The number of aliphatic hydroxyl groups excluding tert-OH is 1. The Kier molecular flexibility index (Phi) is 6.02. The van der Waals surface area contributed by atoms with E-state index < -0.39 is 11.9 Å². The molecule has 4 rings (SSSR count). The summed E-state index contributed by atoms with van der Waals surface area (Å²) in [7, 11) is 0. The van der Waals surface area contributed by atoms with Gasteiger partial charge in [-0.3, -0.25) is 9.88 Å². The molecule has 3 heterocycles. The number of rotatable bonds is 7. The molecule has 1 unspecified atom stereocenters. The van der Waals surface area contributed by atoms with Crippen molar-refractivity contribution in [3.05, 3.63) is 61.2 Å². The molecule has 152 valence electrons. The van der Waals surface area contributed by atoms with E-state index in [4.69, 9.17) is 9.15 Å². The molecular weight excluding hydrogens is 375 g/mol. The normalized spacial score (nSPS) is 16.0. The Morgan fingerprint density at radius 1 is 1.14 bits per heavy atom. The van der Waals surface area contributed by atoms with Gasteiger partial charge >= 0.3 is 0 Å². The molecule has 0 spiro atoms. The molecule has 1 aromatic carbocycles. The number of benzene rings is 1. The number of aromatic nitrogens is 2. The number of furan rings is 1. The van der Waals surface area contributed by atoms with Crippen molar-refractivity contribution in [3.8, 4) is 16.9 Å². The lowest BCUT2D eigenvalue weighted by atomic mass is 10.1. The van der Waals surface area contributed by atoms with Gasteiger partial charge in [0.2, 0.25) is 0 Å². The van der Waals surface area contributed by atoms with E-state index in [9.17, 15) is 9.50 Å². The van der Waals surface area contributed by atoms with Crippen LogP contribution in [0.15, 0.2) is 59.8 Å². The van der Waals surface area contributed by atoms with Crippen molar-refractivity contribution in [3.63, 3.8) is 0 Å². The third kappa shape index (κ3) is 5.10. The first-order valence-corrected chi connectivity index (χ1v) is 9.55. The summed E-state index contributed by atoms with van der Waals surface area (Å²) in [6.45, 7) is 3.88. The molecule has 1 atom stereocenters. The van der Waals surface area contributed by atoms with E-state index in [0.717, 1.165) is 37.6 Å². The molecule has 0 saturated carbocycles. The molecule has 0 amide bonds. The first-order chi connectivity index (χ1) is 14.2. The highest BCUT2D eigenvalue weighted by Gasteiger charge is 2.20. The summed E-state index contributed by atoms with van der Waals surface area (Å²) in [5, 5.41) is 10.4. The topological polar surface area (TPSA) is 74.9 Å². The molecule has 0 aliphatic carbocycles. The summed E-state index contributed by atoms with van der Waals surface area (Å²) in [5.41, 5.74) is 1.44. The van der Waals surface area contributed by atoms with Crippen molar-refractivity contribution in [1.29, 1.82) is 0 Å². The van der Waals surface area contributed by atoms with Gasteiger partial charge in [-0.25, -0.2) is 9.37 Å². The highest BCUT2D eigenvalue weighted by Crippen LogP contribution is 2.26. The van der Waals surface area contributed by atoms with Crippen molar-refractivity contribution >= 4 is 5.82 Å². The van der Waals surface area contributed by atoms with Gasteiger partial charge in [0.1, 0.15) is 30.1 Å². The molecule has 8 heteroatoms. The standard InChI is InChI=1S/C21H23FN4O3/c22-18-9-17(16-1-8-28-14-16)10-20(11-18)29-15-19(27)13-25-4-6-26(7-5-25)21-12-23-2-3-24-21/h1-3,8-12,14,19,27H,4-7,13,15H2. The molecule has 1 N–H and O–H groups in total. The fourth-order valence-corrected chi connectivity index (χ4v) is 3.40. The average Bonchev–Trinajstić information content (AvgIpc) is 3.28. The number of aliphatic hydroxyl groups is 1. The second-order valence-electron chi connectivity index (χ2n) is 7.00. The zero-order valence-corrected chi connectivity index (χ0v) is 15.9.